The summed E-state index contributed by atoms with van der Waals surface area (Å²) in [6, 6.07) is 12.0. The largest absolute Gasteiger partial charge is 0.274 e. The fraction of sp³-hybridized carbons (Fsp3) is 0.167. The quantitative estimate of drug-likeness (QED) is 0.613. The van der Waals surface area contributed by atoms with Crippen LogP contribution in [0.25, 0.3) is 0 Å². The molecule has 9 heteroatoms. The normalized spacial score (nSPS) is 13.3. The number of tetrazole rings is 1. The number of fused-ring (bicyclic) bond motifs is 1. The van der Waals surface area contributed by atoms with Crippen LogP contribution in [0, 0.1) is 0 Å². The fourth-order valence-electron chi connectivity index (χ4n) is 2.92. The number of nitrogens with zero attached hydrogens (tertiary/aromatic N) is 5. The first-order chi connectivity index (χ1) is 13.0. The van der Waals surface area contributed by atoms with Crippen molar-refractivity contribution in [3.8, 4) is 0 Å². The third-order valence-electron chi connectivity index (χ3n) is 4.29. The highest BCUT2D eigenvalue weighted by Gasteiger charge is 2.34. The van der Waals surface area contributed by atoms with Crippen molar-refractivity contribution in [2.45, 2.75) is 13.0 Å². The monoisotopic (exact) mass is 401 g/mol. The number of hydrogen-bond acceptors (Lipinski definition) is 5. The van der Waals surface area contributed by atoms with Crippen molar-refractivity contribution in [3.05, 3.63) is 75.0 Å². The number of halogens is 2. The van der Waals surface area contributed by atoms with Gasteiger partial charge in [0.15, 0.2) is 5.82 Å². The first-order valence-corrected chi connectivity index (χ1v) is 8.95. The van der Waals surface area contributed by atoms with E-state index in [0.29, 0.717) is 39.0 Å². The van der Waals surface area contributed by atoms with Crippen LogP contribution in [0.1, 0.15) is 32.1 Å². The second-order valence-corrected chi connectivity index (χ2v) is 6.81. The van der Waals surface area contributed by atoms with Crippen molar-refractivity contribution in [2.75, 3.05) is 6.54 Å². The van der Waals surface area contributed by atoms with Crippen molar-refractivity contribution in [3.63, 3.8) is 0 Å². The van der Waals surface area contributed by atoms with E-state index in [1.165, 1.54) is 9.70 Å². The number of carbonyl (C=O) groups is 2. The van der Waals surface area contributed by atoms with E-state index in [-0.39, 0.29) is 24.9 Å². The molecule has 0 aliphatic carbocycles. The van der Waals surface area contributed by atoms with Crippen molar-refractivity contribution >= 4 is 35.0 Å². The molecule has 136 valence electrons. The van der Waals surface area contributed by atoms with Crippen molar-refractivity contribution in [2.24, 2.45) is 0 Å². The molecule has 2 amide bonds. The van der Waals surface area contributed by atoms with Gasteiger partial charge in [-0.25, -0.2) is 0 Å². The van der Waals surface area contributed by atoms with Gasteiger partial charge < -0.3 is 0 Å². The van der Waals surface area contributed by atoms with Crippen molar-refractivity contribution in [1.29, 1.82) is 0 Å². The number of hydrogen-bond donors (Lipinski definition) is 0. The van der Waals surface area contributed by atoms with Gasteiger partial charge in [-0.2, -0.15) is 4.80 Å². The maximum atomic E-state index is 12.4. The average molecular weight is 402 g/mol. The summed E-state index contributed by atoms with van der Waals surface area (Å²) in [6.45, 7) is 0.462. The Morgan fingerprint density at radius 3 is 2.15 bits per heavy atom. The Morgan fingerprint density at radius 2 is 1.52 bits per heavy atom. The Hall–Kier alpha value is -2.77. The summed E-state index contributed by atoms with van der Waals surface area (Å²) in [5.41, 5.74) is 1.55. The van der Waals surface area contributed by atoms with Gasteiger partial charge in [0.05, 0.1) is 17.7 Å². The minimum atomic E-state index is -0.300. The van der Waals surface area contributed by atoms with Crippen LogP contribution in [0.3, 0.4) is 0 Å². The van der Waals surface area contributed by atoms with Crippen molar-refractivity contribution < 1.29 is 9.59 Å². The average Bonchev–Trinajstić information content (AvgIpc) is 3.21. The minimum absolute atomic E-state index is 0.185. The van der Waals surface area contributed by atoms with E-state index in [0.717, 1.165) is 0 Å². The standard InChI is InChI=1S/C18H13Cl2N5O2/c19-14-6-3-7-15(20)13(14)10-25-22-16(21-23-25)8-9-24-17(26)11-4-1-2-5-12(11)18(24)27/h1-7H,8-10H2. The number of imide groups is 1. The van der Waals surface area contributed by atoms with E-state index >= 15 is 0 Å². The number of amides is 2. The molecule has 0 fully saturated rings. The maximum Gasteiger partial charge on any atom is 0.261 e. The van der Waals surface area contributed by atoms with Crippen molar-refractivity contribution in [1.82, 2.24) is 25.1 Å². The lowest BCUT2D eigenvalue weighted by Crippen LogP contribution is -2.32. The Labute approximate surface area is 164 Å². The molecule has 27 heavy (non-hydrogen) atoms. The van der Waals surface area contributed by atoms with E-state index in [4.69, 9.17) is 23.2 Å². The number of aromatic nitrogens is 4. The van der Waals surface area contributed by atoms with Crippen LogP contribution < -0.4 is 0 Å². The van der Waals surface area contributed by atoms with Gasteiger partial charge in [-0.3, -0.25) is 14.5 Å². The summed E-state index contributed by atoms with van der Waals surface area (Å²) < 4.78 is 0. The van der Waals surface area contributed by atoms with E-state index in [2.05, 4.69) is 15.4 Å². The number of rotatable bonds is 5. The summed E-state index contributed by atoms with van der Waals surface area (Å²) >= 11 is 12.3. The van der Waals surface area contributed by atoms with Crippen LogP contribution in [0.2, 0.25) is 10.0 Å². The molecule has 1 aliphatic heterocycles. The first-order valence-electron chi connectivity index (χ1n) is 8.19. The number of carbonyl (C=O) groups excluding carboxylic acids is 2. The molecule has 0 spiro atoms. The Bertz CT molecular complexity index is 994. The summed E-state index contributed by atoms with van der Waals surface area (Å²) in [6.07, 6.45) is 0.307. The summed E-state index contributed by atoms with van der Waals surface area (Å²) in [7, 11) is 0. The highest BCUT2D eigenvalue weighted by atomic mass is 35.5. The zero-order valence-electron chi connectivity index (χ0n) is 14.0. The van der Waals surface area contributed by atoms with Crippen LogP contribution in [-0.2, 0) is 13.0 Å². The lowest BCUT2D eigenvalue weighted by atomic mass is 10.1. The summed E-state index contributed by atoms with van der Waals surface area (Å²) in [4.78, 5) is 27.3. The van der Waals surface area contributed by atoms with Gasteiger partial charge in [-0.05, 0) is 29.5 Å². The van der Waals surface area contributed by atoms with E-state index in [1.54, 1.807) is 42.5 Å². The number of benzene rings is 2. The highest BCUT2D eigenvalue weighted by Crippen LogP contribution is 2.25. The van der Waals surface area contributed by atoms with Gasteiger partial charge in [0, 0.05) is 28.6 Å². The lowest BCUT2D eigenvalue weighted by molar-refractivity contribution is 0.0655. The summed E-state index contributed by atoms with van der Waals surface area (Å²) in [5.74, 6) is -0.175. The van der Waals surface area contributed by atoms with Crippen LogP contribution >= 0.6 is 23.2 Å². The Balaban J connectivity index is 1.44. The lowest BCUT2D eigenvalue weighted by Gasteiger charge is -2.11. The van der Waals surface area contributed by atoms with Crippen LogP contribution in [0.15, 0.2) is 42.5 Å². The van der Waals surface area contributed by atoms with Gasteiger partial charge in [-0.15, -0.1) is 10.2 Å². The highest BCUT2D eigenvalue weighted by molar-refractivity contribution is 6.36. The van der Waals surface area contributed by atoms with E-state index < -0.39 is 0 Å². The van der Waals surface area contributed by atoms with E-state index in [1.807, 2.05) is 0 Å². The van der Waals surface area contributed by atoms with Crippen LogP contribution in [-0.4, -0.2) is 43.5 Å². The molecule has 1 aliphatic rings. The Morgan fingerprint density at radius 1 is 0.889 bits per heavy atom. The SMILES string of the molecule is O=C1c2ccccc2C(=O)N1CCc1nnn(Cc2c(Cl)cccc2Cl)n1. The molecule has 7 nitrogen and oxygen atoms in total. The molecule has 4 rings (SSSR count). The summed E-state index contributed by atoms with van der Waals surface area (Å²) in [5, 5.41) is 13.3. The molecule has 2 heterocycles. The molecule has 0 bridgehead atoms. The molecular formula is C18H13Cl2N5O2. The van der Waals surface area contributed by atoms with Gasteiger partial charge >= 0.3 is 0 Å². The van der Waals surface area contributed by atoms with E-state index in [9.17, 15) is 9.59 Å². The van der Waals surface area contributed by atoms with Gasteiger partial charge in [-0.1, -0.05) is 41.4 Å². The maximum absolute atomic E-state index is 12.4. The second-order valence-electron chi connectivity index (χ2n) is 5.99. The molecule has 0 N–H and O–H groups in total. The zero-order valence-corrected chi connectivity index (χ0v) is 15.5. The smallest absolute Gasteiger partial charge is 0.261 e. The zero-order chi connectivity index (χ0) is 19.0. The third-order valence-corrected chi connectivity index (χ3v) is 5.00. The molecule has 0 saturated carbocycles. The third kappa shape index (κ3) is 3.31. The predicted octanol–water partition coefficient (Wildman–Crippen LogP) is 2.87. The second kappa shape index (κ2) is 7.09. The Kier molecular flexibility index (Phi) is 4.63. The van der Waals surface area contributed by atoms with Crippen LogP contribution in [0.5, 0.6) is 0 Å². The van der Waals surface area contributed by atoms with Gasteiger partial charge in [0.1, 0.15) is 0 Å². The van der Waals surface area contributed by atoms with Crippen LogP contribution in [0.4, 0.5) is 0 Å². The molecule has 0 unspecified atom stereocenters. The molecule has 0 radical (unpaired) electrons. The molecular weight excluding hydrogens is 389 g/mol. The fourth-order valence-corrected chi connectivity index (χ4v) is 3.44. The molecule has 1 aromatic heterocycles. The molecule has 3 aromatic rings. The van der Waals surface area contributed by atoms with Gasteiger partial charge in [0.25, 0.3) is 11.8 Å². The molecule has 2 aromatic carbocycles. The van der Waals surface area contributed by atoms with Gasteiger partial charge in [0.2, 0.25) is 0 Å². The predicted molar refractivity (Wildman–Crippen MR) is 98.9 cm³/mol. The topological polar surface area (TPSA) is 81.0 Å². The first kappa shape index (κ1) is 17.6. The molecule has 0 atom stereocenters. The molecule has 0 saturated heterocycles. The minimum Gasteiger partial charge on any atom is -0.274 e.